The van der Waals surface area contributed by atoms with E-state index in [9.17, 15) is 4.79 Å². The molecule has 0 unspecified atom stereocenters. The molecular weight excluding hydrogens is 244 g/mol. The molecule has 0 saturated heterocycles. The van der Waals surface area contributed by atoms with Crippen molar-refractivity contribution >= 4 is 5.78 Å². The molecule has 0 amide bonds. The molecule has 0 atom stereocenters. The Balaban J connectivity index is 0. The Labute approximate surface area is 128 Å². The molecule has 0 fully saturated rings. The van der Waals surface area contributed by atoms with Crippen LogP contribution in [0.2, 0.25) is 0 Å². The molecule has 0 heterocycles. The highest BCUT2D eigenvalue weighted by molar-refractivity contribution is 5.88. The summed E-state index contributed by atoms with van der Waals surface area (Å²) in [5, 5.41) is 0. The molecule has 1 heteroatoms. The van der Waals surface area contributed by atoms with Crippen molar-refractivity contribution in [3.63, 3.8) is 0 Å². The van der Waals surface area contributed by atoms with E-state index in [1.807, 2.05) is 41.5 Å². The molecule has 0 bridgehead atoms. The number of hydrogen-bond donors (Lipinski definition) is 0. The lowest BCUT2D eigenvalue weighted by atomic mass is 9.73. The van der Waals surface area contributed by atoms with Gasteiger partial charge >= 0.3 is 0 Å². The van der Waals surface area contributed by atoms with Crippen LogP contribution in [0.5, 0.6) is 0 Å². The molecule has 0 rings (SSSR count). The van der Waals surface area contributed by atoms with Crippen molar-refractivity contribution in [2.75, 3.05) is 0 Å². The largest absolute Gasteiger partial charge is 0.299 e. The van der Waals surface area contributed by atoms with Crippen molar-refractivity contribution in [3.8, 4) is 0 Å². The summed E-state index contributed by atoms with van der Waals surface area (Å²) < 4.78 is 0. The lowest BCUT2D eigenvalue weighted by molar-refractivity contribution is -0.134. The van der Waals surface area contributed by atoms with E-state index in [0.717, 1.165) is 0 Å². The molecule has 120 valence electrons. The second-order valence-electron chi connectivity index (χ2n) is 9.81. The first-order valence-corrected chi connectivity index (χ1v) is 7.56. The van der Waals surface area contributed by atoms with Crippen LogP contribution in [0.4, 0.5) is 0 Å². The van der Waals surface area contributed by atoms with Gasteiger partial charge in [-0.3, -0.25) is 4.79 Å². The first-order chi connectivity index (χ1) is 8.31. The van der Waals surface area contributed by atoms with Crippen LogP contribution in [0.3, 0.4) is 0 Å². The molecule has 0 spiro atoms. The molecule has 0 N–H and O–H groups in total. The zero-order chi connectivity index (χ0) is 17.2. The van der Waals surface area contributed by atoms with E-state index in [1.54, 1.807) is 0 Å². The number of carbonyl (C=O) groups is 1. The number of Topliss-reactive ketones (excluding diaryl/α,β-unsaturated/α-hetero) is 1. The molecule has 0 aliphatic rings. The van der Waals surface area contributed by atoms with Crippen molar-refractivity contribution in [2.24, 2.45) is 21.7 Å². The fraction of sp³-hybridized carbons (Fsp3) is 0.842. The minimum absolute atomic E-state index is 0.196. The molecule has 1 nitrogen and oxygen atoms in total. The van der Waals surface area contributed by atoms with E-state index in [2.05, 4.69) is 48.1 Å². The number of carbonyl (C=O) groups excluding carboxylic acids is 1. The molecule has 20 heavy (non-hydrogen) atoms. The number of rotatable bonds is 0. The second kappa shape index (κ2) is 6.45. The summed E-state index contributed by atoms with van der Waals surface area (Å²) in [5.41, 5.74) is 1.42. The first kappa shape index (κ1) is 21.7. The van der Waals surface area contributed by atoms with Crippen LogP contribution in [0.15, 0.2) is 12.2 Å². The normalized spacial score (nSPS) is 13.4. The monoisotopic (exact) mass is 282 g/mol. The third-order valence-corrected chi connectivity index (χ3v) is 3.17. The summed E-state index contributed by atoms with van der Waals surface area (Å²) in [7, 11) is 0. The number of hydrogen-bond acceptors (Lipinski definition) is 1. The zero-order valence-electron chi connectivity index (χ0n) is 16.1. The van der Waals surface area contributed by atoms with Crippen LogP contribution in [0, 0.1) is 21.7 Å². The predicted octanol–water partition coefficient (Wildman–Crippen LogP) is 6.28. The Hall–Kier alpha value is -0.590. The van der Waals surface area contributed by atoms with E-state index >= 15 is 0 Å². The second-order valence-corrected chi connectivity index (χ2v) is 9.81. The van der Waals surface area contributed by atoms with Crippen molar-refractivity contribution in [1.29, 1.82) is 0 Å². The van der Waals surface area contributed by atoms with Gasteiger partial charge in [-0.2, -0.15) is 0 Å². The Kier molecular flexibility index (Phi) is 7.00. The summed E-state index contributed by atoms with van der Waals surface area (Å²) in [6.45, 7) is 29.1. The van der Waals surface area contributed by atoms with Gasteiger partial charge in [0.1, 0.15) is 5.78 Å². The Bertz CT molecular complexity index is 264. The highest BCUT2D eigenvalue weighted by Crippen LogP contribution is 2.37. The van der Waals surface area contributed by atoms with Gasteiger partial charge in [-0.1, -0.05) is 95.2 Å². The average molecular weight is 283 g/mol. The van der Waals surface area contributed by atoms with E-state index < -0.39 is 0 Å². The van der Waals surface area contributed by atoms with Crippen LogP contribution in [-0.2, 0) is 4.79 Å². The van der Waals surface area contributed by atoms with Crippen molar-refractivity contribution in [3.05, 3.63) is 12.2 Å². The van der Waals surface area contributed by atoms with Crippen molar-refractivity contribution in [1.82, 2.24) is 0 Å². The lowest BCUT2D eigenvalue weighted by Gasteiger charge is -2.32. The van der Waals surface area contributed by atoms with Gasteiger partial charge in [0.05, 0.1) is 0 Å². The summed E-state index contributed by atoms with van der Waals surface area (Å²) in [6.07, 6.45) is 0. The summed E-state index contributed by atoms with van der Waals surface area (Å²) in [5.74, 6) is 0.319. The Morgan fingerprint density at radius 2 is 0.750 bits per heavy atom. The fourth-order valence-corrected chi connectivity index (χ4v) is 2.25. The minimum Gasteiger partial charge on any atom is -0.299 e. The van der Waals surface area contributed by atoms with Gasteiger partial charge in [0.25, 0.3) is 0 Å². The maximum absolute atomic E-state index is 11.5. The van der Waals surface area contributed by atoms with Gasteiger partial charge < -0.3 is 0 Å². The third-order valence-electron chi connectivity index (χ3n) is 3.17. The van der Waals surface area contributed by atoms with E-state index in [4.69, 9.17) is 0 Å². The maximum Gasteiger partial charge on any atom is 0.143 e. The quantitative estimate of drug-likeness (QED) is 0.478. The van der Waals surface area contributed by atoms with Crippen LogP contribution < -0.4 is 0 Å². The van der Waals surface area contributed by atoms with Gasteiger partial charge in [0, 0.05) is 10.8 Å². The highest BCUT2D eigenvalue weighted by Gasteiger charge is 2.31. The predicted molar refractivity (Wildman–Crippen MR) is 92.0 cm³/mol. The molecule has 0 aliphatic carbocycles. The van der Waals surface area contributed by atoms with Gasteiger partial charge in [-0.15, -0.1) is 0 Å². The van der Waals surface area contributed by atoms with Crippen molar-refractivity contribution in [2.45, 2.75) is 83.1 Å². The molecule has 0 aromatic heterocycles. The van der Waals surface area contributed by atoms with Gasteiger partial charge in [0.2, 0.25) is 0 Å². The summed E-state index contributed by atoms with van der Waals surface area (Å²) >= 11 is 0. The van der Waals surface area contributed by atoms with E-state index in [1.165, 1.54) is 5.57 Å². The molecule has 0 saturated carbocycles. The van der Waals surface area contributed by atoms with Crippen molar-refractivity contribution < 1.29 is 4.79 Å². The molecule has 0 aliphatic heterocycles. The van der Waals surface area contributed by atoms with Crippen LogP contribution in [-0.4, -0.2) is 5.78 Å². The SMILES string of the molecule is C=C(C(C)(C)C)C(C)(C)C.CC(C)(C)C(=O)C(C)(C)C. The van der Waals surface area contributed by atoms with Crippen LogP contribution in [0.25, 0.3) is 0 Å². The summed E-state index contributed by atoms with van der Waals surface area (Å²) in [6, 6.07) is 0. The van der Waals surface area contributed by atoms with Gasteiger partial charge in [-0.05, 0) is 10.8 Å². The third kappa shape index (κ3) is 8.55. The number of allylic oxidation sites excluding steroid dienone is 1. The standard InChI is InChI=1S/C10H20.C9H18O/c1-8(9(2,3)4)10(5,6)7;1-8(2,3)7(10)9(4,5)6/h1H2,2-7H3;1-6H3. The van der Waals surface area contributed by atoms with Crippen LogP contribution >= 0.6 is 0 Å². The van der Waals surface area contributed by atoms with E-state index in [-0.39, 0.29) is 21.7 Å². The fourth-order valence-electron chi connectivity index (χ4n) is 2.25. The number of ketones is 1. The molecule has 0 aromatic rings. The topological polar surface area (TPSA) is 17.1 Å². The maximum atomic E-state index is 11.5. The average Bonchev–Trinajstić information content (AvgIpc) is 2.10. The van der Waals surface area contributed by atoms with Gasteiger partial charge in [0.15, 0.2) is 0 Å². The first-order valence-electron chi connectivity index (χ1n) is 7.56. The Morgan fingerprint density at radius 1 is 0.550 bits per heavy atom. The minimum atomic E-state index is -0.196. The van der Waals surface area contributed by atoms with Gasteiger partial charge in [-0.25, -0.2) is 0 Å². The van der Waals surface area contributed by atoms with Crippen LogP contribution in [0.1, 0.15) is 83.1 Å². The Morgan fingerprint density at radius 3 is 0.750 bits per heavy atom. The highest BCUT2D eigenvalue weighted by atomic mass is 16.1. The molecule has 0 radical (unpaired) electrons. The lowest BCUT2D eigenvalue weighted by Crippen LogP contribution is -2.32. The van der Waals surface area contributed by atoms with E-state index in [0.29, 0.717) is 5.78 Å². The summed E-state index contributed by atoms with van der Waals surface area (Å²) in [4.78, 5) is 11.5. The smallest absolute Gasteiger partial charge is 0.143 e. The molecular formula is C19H38O. The zero-order valence-corrected chi connectivity index (χ0v) is 16.1. The molecule has 0 aromatic carbocycles.